The van der Waals surface area contributed by atoms with Crippen molar-refractivity contribution in [1.82, 2.24) is 18.9 Å². The van der Waals surface area contributed by atoms with Gasteiger partial charge in [-0.05, 0) is 12.0 Å². The van der Waals surface area contributed by atoms with Crippen molar-refractivity contribution < 1.29 is 0 Å². The molecule has 5 rings (SSSR count). The monoisotopic (exact) mass is 387 g/mol. The molecule has 0 aliphatic carbocycles. The number of rotatable bonds is 5. The fourth-order valence-electron chi connectivity index (χ4n) is 3.67. The van der Waals surface area contributed by atoms with E-state index in [1.165, 1.54) is 22.8 Å². The molecule has 1 aliphatic heterocycles. The van der Waals surface area contributed by atoms with Gasteiger partial charge in [-0.1, -0.05) is 60.7 Å². The molecular formula is C22H21N5S. The number of nitrogens with zero attached hydrogens (tertiary/aromatic N) is 5. The van der Waals surface area contributed by atoms with Crippen LogP contribution in [0.25, 0.3) is 11.4 Å². The Morgan fingerprint density at radius 1 is 0.964 bits per heavy atom. The minimum absolute atomic E-state index is 0.803. The van der Waals surface area contributed by atoms with Crippen LogP contribution < -0.4 is 4.90 Å². The Morgan fingerprint density at radius 2 is 1.75 bits per heavy atom. The van der Waals surface area contributed by atoms with Crippen molar-refractivity contribution >= 4 is 16.7 Å². The molecular weight excluding hydrogens is 366 g/mol. The third kappa shape index (κ3) is 3.43. The van der Waals surface area contributed by atoms with Gasteiger partial charge in [-0.15, -0.1) is 0 Å². The van der Waals surface area contributed by atoms with Gasteiger partial charge in [0.15, 0.2) is 5.82 Å². The minimum atomic E-state index is 0.803. The summed E-state index contributed by atoms with van der Waals surface area (Å²) in [5.74, 6) is 0.805. The lowest BCUT2D eigenvalue weighted by atomic mass is 10.1. The van der Waals surface area contributed by atoms with Crippen molar-refractivity contribution in [3.63, 3.8) is 0 Å². The topological polar surface area (TPSA) is 46.8 Å². The van der Waals surface area contributed by atoms with Crippen molar-refractivity contribution in [2.24, 2.45) is 0 Å². The number of hydrogen-bond donors (Lipinski definition) is 0. The average Bonchev–Trinajstić information content (AvgIpc) is 3.41. The molecule has 0 unspecified atom stereocenters. The highest BCUT2D eigenvalue weighted by Gasteiger charge is 2.23. The van der Waals surface area contributed by atoms with Gasteiger partial charge in [-0.3, -0.25) is 0 Å². The SMILES string of the molecule is c1ccc(CCn2cnc3c2CCN(c2nc(-c4ccccc4)ns2)C3)cc1. The summed E-state index contributed by atoms with van der Waals surface area (Å²) in [6.07, 6.45) is 4.02. The number of benzene rings is 2. The molecule has 140 valence electrons. The molecule has 5 nitrogen and oxygen atoms in total. The lowest BCUT2D eigenvalue weighted by molar-refractivity contribution is 0.624. The van der Waals surface area contributed by atoms with Crippen molar-refractivity contribution in [1.29, 1.82) is 0 Å². The number of anilines is 1. The predicted molar refractivity (Wildman–Crippen MR) is 112 cm³/mol. The molecule has 28 heavy (non-hydrogen) atoms. The molecule has 0 radical (unpaired) electrons. The maximum atomic E-state index is 4.76. The predicted octanol–water partition coefficient (Wildman–Crippen LogP) is 4.21. The van der Waals surface area contributed by atoms with E-state index in [4.69, 9.17) is 4.98 Å². The molecule has 0 atom stereocenters. The van der Waals surface area contributed by atoms with E-state index in [0.717, 1.165) is 54.7 Å². The Labute approximate surface area is 168 Å². The van der Waals surface area contributed by atoms with Crippen LogP contribution in [-0.2, 0) is 25.9 Å². The van der Waals surface area contributed by atoms with Crippen LogP contribution in [0.15, 0.2) is 67.0 Å². The quantitative estimate of drug-likeness (QED) is 0.515. The average molecular weight is 388 g/mol. The van der Waals surface area contributed by atoms with Gasteiger partial charge in [-0.25, -0.2) is 4.98 Å². The summed E-state index contributed by atoms with van der Waals surface area (Å²) in [7, 11) is 0. The lowest BCUT2D eigenvalue weighted by Gasteiger charge is -2.26. The summed E-state index contributed by atoms with van der Waals surface area (Å²) >= 11 is 1.47. The number of imidazole rings is 1. The normalized spacial score (nSPS) is 13.5. The van der Waals surface area contributed by atoms with Gasteiger partial charge in [0.2, 0.25) is 5.13 Å². The van der Waals surface area contributed by atoms with Crippen LogP contribution in [0.4, 0.5) is 5.13 Å². The van der Waals surface area contributed by atoms with Crippen molar-refractivity contribution in [2.45, 2.75) is 25.9 Å². The zero-order valence-electron chi connectivity index (χ0n) is 15.5. The van der Waals surface area contributed by atoms with E-state index in [-0.39, 0.29) is 0 Å². The van der Waals surface area contributed by atoms with E-state index in [9.17, 15) is 0 Å². The van der Waals surface area contributed by atoms with Crippen LogP contribution in [0.2, 0.25) is 0 Å². The van der Waals surface area contributed by atoms with Gasteiger partial charge < -0.3 is 9.47 Å². The largest absolute Gasteiger partial charge is 0.340 e. The van der Waals surface area contributed by atoms with Gasteiger partial charge in [0.05, 0.1) is 18.6 Å². The molecule has 0 spiro atoms. The van der Waals surface area contributed by atoms with Gasteiger partial charge >= 0.3 is 0 Å². The van der Waals surface area contributed by atoms with Crippen LogP contribution in [-0.4, -0.2) is 25.5 Å². The number of hydrogen-bond acceptors (Lipinski definition) is 5. The molecule has 0 saturated heterocycles. The van der Waals surface area contributed by atoms with E-state index in [0.29, 0.717) is 0 Å². The highest BCUT2D eigenvalue weighted by atomic mass is 32.1. The third-order valence-corrected chi connectivity index (χ3v) is 5.97. The maximum Gasteiger partial charge on any atom is 0.205 e. The fourth-order valence-corrected chi connectivity index (χ4v) is 4.38. The number of aryl methyl sites for hydroxylation is 2. The Kier molecular flexibility index (Phi) is 4.62. The molecule has 0 saturated carbocycles. The highest BCUT2D eigenvalue weighted by molar-refractivity contribution is 7.09. The lowest BCUT2D eigenvalue weighted by Crippen LogP contribution is -2.31. The van der Waals surface area contributed by atoms with Crippen molar-refractivity contribution in [2.75, 3.05) is 11.4 Å². The van der Waals surface area contributed by atoms with Gasteiger partial charge in [-0.2, -0.15) is 9.36 Å². The summed E-state index contributed by atoms with van der Waals surface area (Å²) in [6, 6.07) is 20.8. The molecule has 0 bridgehead atoms. The molecule has 3 heterocycles. The van der Waals surface area contributed by atoms with E-state index in [1.54, 1.807) is 0 Å². The molecule has 0 N–H and O–H groups in total. The first kappa shape index (κ1) is 17.1. The van der Waals surface area contributed by atoms with Crippen LogP contribution in [0.3, 0.4) is 0 Å². The second-order valence-corrected chi connectivity index (χ2v) is 7.74. The zero-order chi connectivity index (χ0) is 18.8. The maximum absolute atomic E-state index is 4.76. The first-order chi connectivity index (χ1) is 13.9. The van der Waals surface area contributed by atoms with Gasteiger partial charge in [0, 0.05) is 42.3 Å². The molecule has 0 amide bonds. The summed E-state index contributed by atoms with van der Waals surface area (Å²) in [4.78, 5) is 11.7. The van der Waals surface area contributed by atoms with E-state index < -0.39 is 0 Å². The molecule has 4 aromatic rings. The fraction of sp³-hybridized carbons (Fsp3) is 0.227. The molecule has 6 heteroatoms. The van der Waals surface area contributed by atoms with E-state index in [1.807, 2.05) is 24.5 Å². The van der Waals surface area contributed by atoms with Gasteiger partial charge in [0.25, 0.3) is 0 Å². The second kappa shape index (κ2) is 7.56. The summed E-state index contributed by atoms with van der Waals surface area (Å²) in [5, 5.41) is 0.975. The zero-order valence-corrected chi connectivity index (χ0v) is 16.3. The van der Waals surface area contributed by atoms with Crippen LogP contribution in [0, 0.1) is 0 Å². The summed E-state index contributed by atoms with van der Waals surface area (Å²) in [5.41, 5.74) is 4.95. The molecule has 2 aromatic heterocycles. The van der Waals surface area contributed by atoms with E-state index in [2.05, 4.69) is 61.3 Å². The van der Waals surface area contributed by atoms with Crippen LogP contribution in [0.1, 0.15) is 17.0 Å². The molecule has 2 aromatic carbocycles. The first-order valence-corrected chi connectivity index (χ1v) is 10.3. The standard InChI is InChI=1S/C22H21N5S/c1-3-7-17(8-4-1)11-13-27-16-23-19-15-26(14-12-20(19)27)22-24-21(25-28-22)18-9-5-2-6-10-18/h1-10,16H,11-15H2. The van der Waals surface area contributed by atoms with Gasteiger partial charge in [0.1, 0.15) is 0 Å². The molecule has 1 aliphatic rings. The highest BCUT2D eigenvalue weighted by Crippen LogP contribution is 2.28. The van der Waals surface area contributed by atoms with Crippen molar-refractivity contribution in [3.8, 4) is 11.4 Å². The Bertz CT molecular complexity index is 1050. The first-order valence-electron chi connectivity index (χ1n) is 9.58. The summed E-state index contributed by atoms with van der Waals surface area (Å²) < 4.78 is 6.86. The minimum Gasteiger partial charge on any atom is -0.340 e. The van der Waals surface area contributed by atoms with Crippen molar-refractivity contribution in [3.05, 3.63) is 83.9 Å². The number of aromatic nitrogens is 4. The van der Waals surface area contributed by atoms with Crippen LogP contribution in [0.5, 0.6) is 0 Å². The summed E-state index contributed by atoms with van der Waals surface area (Å²) in [6.45, 7) is 2.73. The Morgan fingerprint density at radius 3 is 2.57 bits per heavy atom. The molecule has 0 fully saturated rings. The smallest absolute Gasteiger partial charge is 0.205 e. The Hall–Kier alpha value is -2.99. The van der Waals surface area contributed by atoms with Crippen LogP contribution >= 0.6 is 11.5 Å². The number of fused-ring (bicyclic) bond motifs is 1. The third-order valence-electron chi connectivity index (χ3n) is 5.19. The Balaban J connectivity index is 1.29. The van der Waals surface area contributed by atoms with E-state index >= 15 is 0 Å². The second-order valence-electron chi connectivity index (χ2n) is 7.01.